The average molecular weight is 419 g/mol. The minimum atomic E-state index is -2.07. The van der Waals surface area contributed by atoms with Crippen molar-refractivity contribution in [2.45, 2.75) is 43.9 Å². The normalized spacial score (nSPS) is 25.9. The van der Waals surface area contributed by atoms with Crippen LogP contribution in [-0.4, -0.2) is 22.6 Å². The Bertz CT molecular complexity index is 1230. The van der Waals surface area contributed by atoms with Crippen LogP contribution in [0.2, 0.25) is 0 Å². The molecule has 1 amide bonds. The van der Waals surface area contributed by atoms with E-state index in [-0.39, 0.29) is 11.5 Å². The smallest absolute Gasteiger partial charge is 0.335 e. The van der Waals surface area contributed by atoms with E-state index in [2.05, 4.69) is 5.32 Å². The van der Waals surface area contributed by atoms with Crippen LogP contribution in [0.3, 0.4) is 0 Å². The first-order valence-corrected chi connectivity index (χ1v) is 10.2. The molecular weight excluding hydrogens is 398 g/mol. The fraction of sp³-hybridized carbons (Fsp3) is 0.292. The van der Waals surface area contributed by atoms with Crippen LogP contribution in [0.4, 0.5) is 0 Å². The van der Waals surface area contributed by atoms with Crippen LogP contribution >= 0.6 is 0 Å². The number of carbonyl (C=O) groups is 2. The van der Waals surface area contributed by atoms with E-state index in [1.54, 1.807) is 24.3 Å². The molecule has 31 heavy (non-hydrogen) atoms. The summed E-state index contributed by atoms with van der Waals surface area (Å²) in [5.41, 5.74) is -0.291. The Morgan fingerprint density at radius 1 is 1.13 bits per heavy atom. The molecule has 2 unspecified atom stereocenters. The van der Waals surface area contributed by atoms with Crippen molar-refractivity contribution in [1.82, 2.24) is 5.32 Å². The number of rotatable bonds is 3. The number of hydrogen-bond acceptors (Lipinski definition) is 6. The van der Waals surface area contributed by atoms with Crippen LogP contribution < -0.4 is 15.7 Å². The topological polar surface area (TPSA) is 106 Å². The van der Waals surface area contributed by atoms with Gasteiger partial charge >= 0.3 is 5.63 Å². The number of amides is 1. The van der Waals surface area contributed by atoms with Crippen molar-refractivity contribution in [2.75, 3.05) is 0 Å². The number of nitrogens with one attached hydrogen (secondary N) is 1. The molecule has 2 aromatic rings. The minimum absolute atomic E-state index is 0.0502. The van der Waals surface area contributed by atoms with E-state index in [0.717, 1.165) is 17.9 Å². The fourth-order valence-corrected chi connectivity index (χ4v) is 4.60. The van der Waals surface area contributed by atoms with Crippen molar-refractivity contribution in [2.24, 2.45) is 0 Å². The Hall–Kier alpha value is -3.45. The monoisotopic (exact) mass is 419 g/mol. The summed E-state index contributed by atoms with van der Waals surface area (Å²) >= 11 is 0. The summed E-state index contributed by atoms with van der Waals surface area (Å²) in [6.07, 6.45) is 5.90. The predicted octanol–water partition coefficient (Wildman–Crippen LogP) is 2.70. The van der Waals surface area contributed by atoms with E-state index in [1.165, 1.54) is 6.07 Å². The molecule has 7 heteroatoms. The molecule has 0 radical (unpaired) electrons. The zero-order chi connectivity index (χ0) is 22.0. The zero-order valence-electron chi connectivity index (χ0n) is 17.1. The third kappa shape index (κ3) is 2.53. The third-order valence-corrected chi connectivity index (χ3v) is 6.21. The van der Waals surface area contributed by atoms with E-state index in [0.29, 0.717) is 35.3 Å². The van der Waals surface area contributed by atoms with Crippen molar-refractivity contribution >= 4 is 11.7 Å². The second-order valence-electron chi connectivity index (χ2n) is 8.35. The van der Waals surface area contributed by atoms with Gasteiger partial charge in [-0.2, -0.15) is 0 Å². The van der Waals surface area contributed by atoms with E-state index in [1.807, 2.05) is 19.9 Å². The van der Waals surface area contributed by atoms with E-state index in [9.17, 15) is 19.5 Å². The lowest BCUT2D eigenvalue weighted by Gasteiger charge is -2.34. The Morgan fingerprint density at radius 2 is 1.90 bits per heavy atom. The largest absolute Gasteiger partial charge is 0.454 e. The standard InChI is InChI=1S/C24H21NO6/c1-13(2)14-7-9-18-19(11-14)31-24(29)17-6-4-3-5-16(17)21(27)23(18,24)25-22(28)15-8-10-20(26)30-12-15/h5-13,29H,3-4H2,1-2H3,(H,25,28). The summed E-state index contributed by atoms with van der Waals surface area (Å²) in [5, 5.41) is 14.5. The molecule has 1 aromatic heterocycles. The summed E-state index contributed by atoms with van der Waals surface area (Å²) in [6.45, 7) is 4.06. The van der Waals surface area contributed by atoms with Gasteiger partial charge in [0.25, 0.3) is 11.7 Å². The SMILES string of the molecule is CC(C)c1ccc2c(c1)OC1(O)C3=CCCC=C3C(=O)C21NC(=O)c1ccc(=O)oc1. The molecule has 1 saturated carbocycles. The second-order valence-corrected chi connectivity index (χ2v) is 8.35. The zero-order valence-corrected chi connectivity index (χ0v) is 17.1. The van der Waals surface area contributed by atoms with Crippen molar-refractivity contribution in [1.29, 1.82) is 0 Å². The van der Waals surface area contributed by atoms with E-state index >= 15 is 0 Å². The molecule has 1 aromatic carbocycles. The van der Waals surface area contributed by atoms with Gasteiger partial charge in [0.15, 0.2) is 5.78 Å². The van der Waals surface area contributed by atoms with Gasteiger partial charge in [-0.3, -0.25) is 9.59 Å². The molecule has 1 aliphatic heterocycles. The molecule has 3 aliphatic rings. The molecule has 0 saturated heterocycles. The highest BCUT2D eigenvalue weighted by Crippen LogP contribution is 2.58. The summed E-state index contributed by atoms with van der Waals surface area (Å²) < 4.78 is 10.8. The lowest BCUT2D eigenvalue weighted by atomic mass is 9.82. The highest BCUT2D eigenvalue weighted by Gasteiger charge is 2.73. The molecule has 158 valence electrons. The number of hydrogen-bond donors (Lipinski definition) is 2. The Kier molecular flexibility index (Phi) is 4.10. The van der Waals surface area contributed by atoms with Crippen LogP contribution in [0, 0.1) is 0 Å². The molecule has 0 spiro atoms. The predicted molar refractivity (Wildman–Crippen MR) is 111 cm³/mol. The molecule has 1 fully saturated rings. The number of ketones is 1. The first-order valence-electron chi connectivity index (χ1n) is 10.2. The number of allylic oxidation sites excluding steroid dienone is 2. The molecule has 5 rings (SSSR count). The fourth-order valence-electron chi connectivity index (χ4n) is 4.60. The highest BCUT2D eigenvalue weighted by molar-refractivity contribution is 6.15. The third-order valence-electron chi connectivity index (χ3n) is 6.21. The van der Waals surface area contributed by atoms with E-state index < -0.39 is 28.6 Å². The number of Topliss-reactive ketones (excluding diaryl/α,β-unsaturated/α-hetero) is 1. The first-order chi connectivity index (χ1) is 14.8. The maximum Gasteiger partial charge on any atom is 0.335 e. The van der Waals surface area contributed by atoms with E-state index in [4.69, 9.17) is 9.15 Å². The van der Waals surface area contributed by atoms with Gasteiger partial charge in [-0.15, -0.1) is 0 Å². The van der Waals surface area contributed by atoms with Crippen molar-refractivity contribution < 1.29 is 23.8 Å². The van der Waals surface area contributed by atoms with Crippen molar-refractivity contribution in [3.05, 3.63) is 87.0 Å². The molecule has 0 bridgehead atoms. The molecule has 2 aliphatic carbocycles. The van der Waals surface area contributed by atoms with Crippen LogP contribution in [0.25, 0.3) is 0 Å². The number of carbonyl (C=O) groups excluding carboxylic acids is 2. The van der Waals surface area contributed by atoms with Crippen LogP contribution in [0.1, 0.15) is 54.1 Å². The number of fused-ring (bicyclic) bond motifs is 5. The van der Waals surface area contributed by atoms with Gasteiger partial charge in [-0.25, -0.2) is 4.79 Å². The Labute approximate surface area is 178 Å². The lowest BCUT2D eigenvalue weighted by molar-refractivity contribution is -0.152. The highest BCUT2D eigenvalue weighted by atomic mass is 16.6. The summed E-state index contributed by atoms with van der Waals surface area (Å²) in [5.74, 6) is -2.60. The quantitative estimate of drug-likeness (QED) is 0.793. The van der Waals surface area contributed by atoms with Crippen molar-refractivity contribution in [3.63, 3.8) is 0 Å². The van der Waals surface area contributed by atoms with Gasteiger partial charge in [-0.05, 0) is 36.5 Å². The second kappa shape index (κ2) is 6.52. The first kappa shape index (κ1) is 19.5. The molecule has 7 nitrogen and oxygen atoms in total. The molecular formula is C24H21NO6. The van der Waals surface area contributed by atoms with Crippen LogP contribution in [0.5, 0.6) is 5.75 Å². The van der Waals surface area contributed by atoms with Gasteiger partial charge in [0, 0.05) is 22.8 Å². The number of ether oxygens (including phenoxy) is 1. The molecule has 2 heterocycles. The van der Waals surface area contributed by atoms with Gasteiger partial charge in [0.05, 0.1) is 5.56 Å². The van der Waals surface area contributed by atoms with Gasteiger partial charge in [-0.1, -0.05) is 38.1 Å². The Balaban J connectivity index is 1.70. The van der Waals surface area contributed by atoms with Gasteiger partial charge < -0.3 is 19.6 Å². The van der Waals surface area contributed by atoms with Crippen molar-refractivity contribution in [3.8, 4) is 5.75 Å². The average Bonchev–Trinajstić information content (AvgIpc) is 3.11. The summed E-state index contributed by atoms with van der Waals surface area (Å²) in [7, 11) is 0. The Morgan fingerprint density at radius 3 is 2.61 bits per heavy atom. The summed E-state index contributed by atoms with van der Waals surface area (Å²) in [4.78, 5) is 38.1. The van der Waals surface area contributed by atoms with Crippen LogP contribution in [0.15, 0.2) is 69.1 Å². The number of benzene rings is 1. The summed E-state index contributed by atoms with van der Waals surface area (Å²) in [6, 6.07) is 7.82. The van der Waals surface area contributed by atoms with Crippen LogP contribution in [-0.2, 0) is 10.3 Å². The maximum atomic E-state index is 13.7. The number of aliphatic hydroxyl groups is 1. The molecule has 2 N–H and O–H groups in total. The van der Waals surface area contributed by atoms with Gasteiger partial charge in [0.1, 0.15) is 12.0 Å². The molecule has 2 atom stereocenters. The van der Waals surface area contributed by atoms with Gasteiger partial charge in [0.2, 0.25) is 5.54 Å². The maximum absolute atomic E-state index is 13.7. The lowest BCUT2D eigenvalue weighted by Crippen LogP contribution is -2.62. The minimum Gasteiger partial charge on any atom is -0.454 e.